The molecule has 0 aliphatic carbocycles. The van der Waals surface area contributed by atoms with Gasteiger partial charge in [-0.1, -0.05) is 0 Å². The Hall–Kier alpha value is 0.270. The van der Waals surface area contributed by atoms with E-state index >= 15 is 0 Å². The normalized spacial score (nSPS) is 50.5. The summed E-state index contributed by atoms with van der Waals surface area (Å²) in [7, 11) is 2.31. The SMILES string of the molecule is CN1C2CCC1CC1(C2)NCCS1. The van der Waals surface area contributed by atoms with Gasteiger partial charge in [0.05, 0.1) is 4.87 Å². The number of hydrogen-bond acceptors (Lipinski definition) is 3. The largest absolute Gasteiger partial charge is 0.302 e. The van der Waals surface area contributed by atoms with Gasteiger partial charge in [0.2, 0.25) is 0 Å². The lowest BCUT2D eigenvalue weighted by Gasteiger charge is -2.42. The van der Waals surface area contributed by atoms with Gasteiger partial charge in [-0.25, -0.2) is 0 Å². The molecular weight excluding hydrogens is 180 g/mol. The monoisotopic (exact) mass is 198 g/mol. The maximum absolute atomic E-state index is 3.73. The molecule has 3 aliphatic rings. The summed E-state index contributed by atoms with van der Waals surface area (Å²) < 4.78 is 0. The summed E-state index contributed by atoms with van der Waals surface area (Å²) >= 11 is 2.18. The highest BCUT2D eigenvalue weighted by Gasteiger charge is 2.48. The van der Waals surface area contributed by atoms with E-state index in [-0.39, 0.29) is 0 Å². The quantitative estimate of drug-likeness (QED) is 0.631. The molecule has 3 fully saturated rings. The van der Waals surface area contributed by atoms with Crippen molar-refractivity contribution in [1.29, 1.82) is 0 Å². The van der Waals surface area contributed by atoms with Crippen molar-refractivity contribution in [2.75, 3.05) is 19.3 Å². The van der Waals surface area contributed by atoms with Gasteiger partial charge in [0.25, 0.3) is 0 Å². The standard InChI is InChI=1S/C10H18N2S/c1-12-8-2-3-9(12)7-10(6-8)11-4-5-13-10/h8-9,11H,2-7H2,1H3. The van der Waals surface area contributed by atoms with E-state index in [0.717, 1.165) is 12.1 Å². The molecule has 3 saturated heterocycles. The van der Waals surface area contributed by atoms with Crippen LogP contribution in [0.2, 0.25) is 0 Å². The molecule has 1 N–H and O–H groups in total. The average Bonchev–Trinajstić information content (AvgIpc) is 2.60. The summed E-state index contributed by atoms with van der Waals surface area (Å²) in [4.78, 5) is 3.10. The van der Waals surface area contributed by atoms with Crippen LogP contribution in [0.25, 0.3) is 0 Å². The highest BCUT2D eigenvalue weighted by atomic mass is 32.2. The first-order valence-corrected chi connectivity index (χ1v) is 6.39. The Labute approximate surface area is 84.4 Å². The molecule has 2 nitrogen and oxygen atoms in total. The van der Waals surface area contributed by atoms with Crippen LogP contribution in [-0.2, 0) is 0 Å². The predicted molar refractivity (Wildman–Crippen MR) is 57.0 cm³/mol. The van der Waals surface area contributed by atoms with E-state index in [2.05, 4.69) is 29.0 Å². The van der Waals surface area contributed by atoms with E-state index in [9.17, 15) is 0 Å². The minimum atomic E-state index is 0.484. The Morgan fingerprint density at radius 1 is 1.31 bits per heavy atom. The van der Waals surface area contributed by atoms with E-state index < -0.39 is 0 Å². The van der Waals surface area contributed by atoms with Gasteiger partial charge in [-0.2, -0.15) is 0 Å². The zero-order chi connectivity index (χ0) is 8.89. The minimum absolute atomic E-state index is 0.484. The van der Waals surface area contributed by atoms with Crippen LogP contribution in [0.1, 0.15) is 25.7 Å². The summed E-state index contributed by atoms with van der Waals surface area (Å²) in [5.41, 5.74) is 0. The highest BCUT2D eigenvalue weighted by Crippen LogP contribution is 2.46. The van der Waals surface area contributed by atoms with Crippen LogP contribution < -0.4 is 5.32 Å². The van der Waals surface area contributed by atoms with Gasteiger partial charge in [0.15, 0.2) is 0 Å². The van der Waals surface area contributed by atoms with Crippen LogP contribution in [0.4, 0.5) is 0 Å². The number of rotatable bonds is 0. The Bertz CT molecular complexity index is 197. The Balaban J connectivity index is 1.82. The van der Waals surface area contributed by atoms with Crippen molar-refractivity contribution in [3.8, 4) is 0 Å². The maximum atomic E-state index is 3.73. The van der Waals surface area contributed by atoms with Gasteiger partial charge in [-0.15, -0.1) is 11.8 Å². The third-order valence-corrected chi connectivity index (χ3v) is 5.48. The number of thioether (sulfide) groups is 1. The Morgan fingerprint density at radius 3 is 2.54 bits per heavy atom. The van der Waals surface area contributed by atoms with Crippen LogP contribution in [0, 0.1) is 0 Å². The van der Waals surface area contributed by atoms with E-state index in [1.807, 2.05) is 0 Å². The fourth-order valence-electron chi connectivity index (χ4n) is 3.27. The number of fused-ring (bicyclic) bond motifs is 2. The Morgan fingerprint density at radius 2 is 2.00 bits per heavy atom. The first-order chi connectivity index (χ1) is 6.29. The molecule has 3 rings (SSSR count). The smallest absolute Gasteiger partial charge is 0.0675 e. The second-order valence-corrected chi connectivity index (χ2v) is 6.21. The lowest BCUT2D eigenvalue weighted by molar-refractivity contribution is 0.139. The molecule has 0 aromatic carbocycles. The molecule has 1 spiro atoms. The topological polar surface area (TPSA) is 15.3 Å². The number of nitrogens with one attached hydrogen (secondary N) is 1. The van der Waals surface area contributed by atoms with Gasteiger partial charge in [-0.05, 0) is 32.7 Å². The van der Waals surface area contributed by atoms with Crippen molar-refractivity contribution < 1.29 is 0 Å². The van der Waals surface area contributed by atoms with Crippen molar-refractivity contribution in [2.24, 2.45) is 0 Å². The minimum Gasteiger partial charge on any atom is -0.302 e. The fourth-order valence-corrected chi connectivity index (χ4v) is 4.68. The third kappa shape index (κ3) is 1.24. The van der Waals surface area contributed by atoms with Crippen LogP contribution in [0.5, 0.6) is 0 Å². The molecule has 74 valence electrons. The first-order valence-electron chi connectivity index (χ1n) is 5.40. The molecule has 3 aliphatic heterocycles. The molecular formula is C10H18N2S. The Kier molecular flexibility index (Phi) is 1.90. The molecule has 2 bridgehead atoms. The second-order valence-electron chi connectivity index (χ2n) is 4.73. The maximum Gasteiger partial charge on any atom is 0.0675 e. The molecule has 0 aromatic heterocycles. The lowest BCUT2D eigenvalue weighted by Crippen LogP contribution is -2.52. The van der Waals surface area contributed by atoms with Crippen molar-refractivity contribution in [3.05, 3.63) is 0 Å². The van der Waals surface area contributed by atoms with Gasteiger partial charge in [0, 0.05) is 24.4 Å². The highest BCUT2D eigenvalue weighted by molar-refractivity contribution is 8.00. The van der Waals surface area contributed by atoms with E-state index in [0.29, 0.717) is 4.87 Å². The van der Waals surface area contributed by atoms with Crippen molar-refractivity contribution in [1.82, 2.24) is 10.2 Å². The number of piperidine rings is 1. The van der Waals surface area contributed by atoms with Gasteiger partial charge in [0.1, 0.15) is 0 Å². The summed E-state index contributed by atoms with van der Waals surface area (Å²) in [6.07, 6.45) is 5.63. The van der Waals surface area contributed by atoms with Crippen molar-refractivity contribution in [2.45, 2.75) is 42.6 Å². The van der Waals surface area contributed by atoms with Crippen molar-refractivity contribution >= 4 is 11.8 Å². The van der Waals surface area contributed by atoms with Gasteiger partial charge >= 0.3 is 0 Å². The third-order valence-electron chi connectivity index (χ3n) is 4.04. The van der Waals surface area contributed by atoms with Crippen molar-refractivity contribution in [3.63, 3.8) is 0 Å². The molecule has 2 atom stereocenters. The molecule has 0 aromatic rings. The number of hydrogen-bond donors (Lipinski definition) is 1. The van der Waals surface area contributed by atoms with Gasteiger partial charge in [-0.3, -0.25) is 0 Å². The number of nitrogens with zero attached hydrogens (tertiary/aromatic N) is 1. The van der Waals surface area contributed by atoms with Crippen LogP contribution in [0.3, 0.4) is 0 Å². The molecule has 3 heteroatoms. The summed E-state index contributed by atoms with van der Waals surface area (Å²) in [5, 5.41) is 3.73. The fraction of sp³-hybridized carbons (Fsp3) is 1.00. The molecule has 0 radical (unpaired) electrons. The van der Waals surface area contributed by atoms with Crippen LogP contribution in [-0.4, -0.2) is 41.2 Å². The van der Waals surface area contributed by atoms with E-state index in [1.165, 1.54) is 38.0 Å². The molecule has 2 unspecified atom stereocenters. The molecule has 0 saturated carbocycles. The second kappa shape index (κ2) is 2.88. The summed E-state index contributed by atoms with van der Waals surface area (Å²) in [6.45, 7) is 1.23. The van der Waals surface area contributed by atoms with Crippen LogP contribution in [0.15, 0.2) is 0 Å². The molecule has 13 heavy (non-hydrogen) atoms. The zero-order valence-corrected chi connectivity index (χ0v) is 9.07. The summed E-state index contributed by atoms with van der Waals surface area (Å²) in [5.74, 6) is 1.32. The first kappa shape index (κ1) is 8.57. The van der Waals surface area contributed by atoms with E-state index in [4.69, 9.17) is 0 Å². The van der Waals surface area contributed by atoms with Crippen LogP contribution >= 0.6 is 11.8 Å². The summed E-state index contributed by atoms with van der Waals surface area (Å²) in [6, 6.07) is 1.74. The zero-order valence-electron chi connectivity index (χ0n) is 8.25. The predicted octanol–water partition coefficient (Wildman–Crippen LogP) is 1.28. The van der Waals surface area contributed by atoms with Gasteiger partial charge < -0.3 is 10.2 Å². The molecule has 3 heterocycles. The lowest BCUT2D eigenvalue weighted by atomic mass is 9.97. The van der Waals surface area contributed by atoms with E-state index in [1.54, 1.807) is 0 Å². The molecule has 0 amide bonds. The average molecular weight is 198 g/mol.